The van der Waals surface area contributed by atoms with Gasteiger partial charge < -0.3 is 5.32 Å². The summed E-state index contributed by atoms with van der Waals surface area (Å²) in [4.78, 5) is 0. The Morgan fingerprint density at radius 1 is 1.25 bits per heavy atom. The summed E-state index contributed by atoms with van der Waals surface area (Å²) in [6, 6.07) is 2.03. The van der Waals surface area contributed by atoms with Gasteiger partial charge in [-0.25, -0.2) is 0 Å². The molecule has 0 unspecified atom stereocenters. The van der Waals surface area contributed by atoms with Crippen LogP contribution < -0.4 is 5.32 Å². The quantitative estimate of drug-likeness (QED) is 0.848. The topological polar surface area (TPSA) is 47.7 Å². The van der Waals surface area contributed by atoms with Gasteiger partial charge in [-0.05, 0) is 13.8 Å². The molecule has 2 aromatic heterocycles. The second kappa shape index (κ2) is 4.00. The van der Waals surface area contributed by atoms with Gasteiger partial charge in [0.2, 0.25) is 0 Å². The third-order valence-electron chi connectivity index (χ3n) is 2.80. The van der Waals surface area contributed by atoms with Crippen LogP contribution in [0.5, 0.6) is 0 Å². The first kappa shape index (κ1) is 10.7. The highest BCUT2D eigenvalue weighted by Crippen LogP contribution is 2.11. The normalized spacial score (nSPS) is 10.8. The molecule has 0 bridgehead atoms. The van der Waals surface area contributed by atoms with Gasteiger partial charge in [-0.15, -0.1) is 0 Å². The van der Waals surface area contributed by atoms with Crippen LogP contribution in [-0.2, 0) is 20.6 Å². The largest absolute Gasteiger partial charge is 0.366 e. The lowest BCUT2D eigenvalue weighted by Crippen LogP contribution is -2.05. The first-order valence-corrected chi connectivity index (χ1v) is 5.30. The number of aromatic nitrogens is 4. The van der Waals surface area contributed by atoms with Gasteiger partial charge in [0.15, 0.2) is 0 Å². The van der Waals surface area contributed by atoms with E-state index in [-0.39, 0.29) is 0 Å². The number of nitrogens with one attached hydrogen (secondary N) is 1. The fourth-order valence-corrected chi connectivity index (χ4v) is 1.68. The predicted octanol–water partition coefficient (Wildman–Crippen LogP) is 1.38. The lowest BCUT2D eigenvalue weighted by Gasteiger charge is -2.05. The highest BCUT2D eigenvalue weighted by Gasteiger charge is 2.05. The van der Waals surface area contributed by atoms with Crippen molar-refractivity contribution in [3.05, 3.63) is 29.2 Å². The van der Waals surface area contributed by atoms with Crippen LogP contribution in [0.1, 0.15) is 17.0 Å². The number of anilines is 1. The van der Waals surface area contributed by atoms with Gasteiger partial charge in [0.25, 0.3) is 0 Å². The van der Waals surface area contributed by atoms with Gasteiger partial charge in [0.05, 0.1) is 11.9 Å². The van der Waals surface area contributed by atoms with Crippen molar-refractivity contribution in [3.8, 4) is 0 Å². The van der Waals surface area contributed by atoms with Crippen molar-refractivity contribution in [2.45, 2.75) is 20.4 Å². The summed E-state index contributed by atoms with van der Waals surface area (Å²) in [5.41, 5.74) is 3.42. The minimum Gasteiger partial charge on any atom is -0.366 e. The molecule has 0 aliphatic rings. The summed E-state index contributed by atoms with van der Waals surface area (Å²) >= 11 is 0. The van der Waals surface area contributed by atoms with Gasteiger partial charge in [-0.1, -0.05) is 0 Å². The Hall–Kier alpha value is -1.78. The maximum Gasteiger partial charge on any atom is 0.124 e. The molecule has 0 spiro atoms. The summed E-state index contributed by atoms with van der Waals surface area (Å²) in [6.07, 6.45) is 1.89. The summed E-state index contributed by atoms with van der Waals surface area (Å²) < 4.78 is 3.73. The molecule has 5 heteroatoms. The Bertz CT molecular complexity index is 492. The molecule has 0 aliphatic carbocycles. The Morgan fingerprint density at radius 3 is 2.50 bits per heavy atom. The Morgan fingerprint density at radius 2 is 2.00 bits per heavy atom. The molecule has 0 saturated heterocycles. The predicted molar refractivity (Wildman–Crippen MR) is 63.2 cm³/mol. The average molecular weight is 219 g/mol. The summed E-state index contributed by atoms with van der Waals surface area (Å²) in [7, 11) is 3.89. The van der Waals surface area contributed by atoms with Crippen molar-refractivity contribution >= 4 is 5.82 Å². The zero-order chi connectivity index (χ0) is 11.7. The summed E-state index contributed by atoms with van der Waals surface area (Å²) in [5.74, 6) is 1.03. The molecule has 0 radical (unpaired) electrons. The van der Waals surface area contributed by atoms with E-state index in [0.717, 1.165) is 18.1 Å². The van der Waals surface area contributed by atoms with Crippen LogP contribution in [0.25, 0.3) is 0 Å². The van der Waals surface area contributed by atoms with E-state index in [1.54, 1.807) is 0 Å². The Kier molecular flexibility index (Phi) is 2.68. The Balaban J connectivity index is 2.08. The minimum absolute atomic E-state index is 0.776. The number of rotatable bonds is 3. The molecule has 86 valence electrons. The van der Waals surface area contributed by atoms with E-state index >= 15 is 0 Å². The molecular formula is C11H17N5. The van der Waals surface area contributed by atoms with Crippen LogP contribution in [-0.4, -0.2) is 19.6 Å². The van der Waals surface area contributed by atoms with Crippen LogP contribution in [0.2, 0.25) is 0 Å². The average Bonchev–Trinajstić information content (AvgIpc) is 2.70. The van der Waals surface area contributed by atoms with E-state index < -0.39 is 0 Å². The van der Waals surface area contributed by atoms with Crippen molar-refractivity contribution < 1.29 is 0 Å². The van der Waals surface area contributed by atoms with Crippen LogP contribution in [0.4, 0.5) is 5.82 Å². The van der Waals surface area contributed by atoms with Crippen molar-refractivity contribution in [1.29, 1.82) is 0 Å². The number of hydrogen-bond donors (Lipinski definition) is 1. The van der Waals surface area contributed by atoms with Crippen molar-refractivity contribution in [1.82, 2.24) is 19.6 Å². The molecule has 16 heavy (non-hydrogen) atoms. The molecule has 2 rings (SSSR count). The molecule has 1 N–H and O–H groups in total. The van der Waals surface area contributed by atoms with Crippen molar-refractivity contribution in [2.24, 2.45) is 14.1 Å². The molecule has 0 aromatic carbocycles. The van der Waals surface area contributed by atoms with Gasteiger partial charge in [0, 0.05) is 38.0 Å². The van der Waals surface area contributed by atoms with E-state index in [4.69, 9.17) is 0 Å². The summed E-state index contributed by atoms with van der Waals surface area (Å²) in [5, 5.41) is 11.8. The molecular weight excluding hydrogens is 202 g/mol. The maximum absolute atomic E-state index is 4.28. The van der Waals surface area contributed by atoms with Crippen LogP contribution >= 0.6 is 0 Å². The SMILES string of the molecule is Cc1cc(NCc2cnn(C)c2C)n(C)n1. The van der Waals surface area contributed by atoms with E-state index in [9.17, 15) is 0 Å². The van der Waals surface area contributed by atoms with Crippen LogP contribution in [0.15, 0.2) is 12.3 Å². The van der Waals surface area contributed by atoms with Crippen molar-refractivity contribution in [2.75, 3.05) is 5.32 Å². The van der Waals surface area contributed by atoms with Gasteiger partial charge in [0.1, 0.15) is 5.82 Å². The molecule has 0 aliphatic heterocycles. The lowest BCUT2D eigenvalue weighted by atomic mass is 10.2. The maximum atomic E-state index is 4.28. The van der Waals surface area contributed by atoms with Crippen LogP contribution in [0, 0.1) is 13.8 Å². The summed E-state index contributed by atoms with van der Waals surface area (Å²) in [6.45, 7) is 4.83. The lowest BCUT2D eigenvalue weighted by molar-refractivity contribution is 0.737. The molecule has 0 amide bonds. The fraction of sp³-hybridized carbons (Fsp3) is 0.455. The molecule has 2 aromatic rings. The van der Waals surface area contributed by atoms with Crippen LogP contribution in [0.3, 0.4) is 0 Å². The highest BCUT2D eigenvalue weighted by molar-refractivity contribution is 5.37. The Labute approximate surface area is 95.1 Å². The van der Waals surface area contributed by atoms with Gasteiger partial charge in [-0.2, -0.15) is 10.2 Å². The van der Waals surface area contributed by atoms with E-state index in [2.05, 4.69) is 22.4 Å². The van der Waals surface area contributed by atoms with E-state index in [0.29, 0.717) is 0 Å². The monoisotopic (exact) mass is 219 g/mol. The second-order valence-electron chi connectivity index (χ2n) is 4.03. The molecule has 0 saturated carbocycles. The number of nitrogens with zero attached hydrogens (tertiary/aromatic N) is 4. The first-order valence-electron chi connectivity index (χ1n) is 5.30. The number of hydrogen-bond acceptors (Lipinski definition) is 3. The smallest absolute Gasteiger partial charge is 0.124 e. The molecule has 0 atom stereocenters. The van der Waals surface area contributed by atoms with E-state index in [1.165, 1.54) is 11.3 Å². The third kappa shape index (κ3) is 1.93. The van der Waals surface area contributed by atoms with Gasteiger partial charge in [-0.3, -0.25) is 9.36 Å². The van der Waals surface area contributed by atoms with Crippen molar-refractivity contribution in [3.63, 3.8) is 0 Å². The second-order valence-corrected chi connectivity index (χ2v) is 4.03. The molecule has 0 fully saturated rings. The minimum atomic E-state index is 0.776. The fourth-order valence-electron chi connectivity index (χ4n) is 1.68. The number of aryl methyl sites for hydroxylation is 3. The van der Waals surface area contributed by atoms with Gasteiger partial charge >= 0.3 is 0 Å². The zero-order valence-corrected chi connectivity index (χ0v) is 10.2. The highest BCUT2D eigenvalue weighted by atomic mass is 15.3. The standard InChI is InChI=1S/C11H17N5/c1-8-5-11(16(4)14-8)12-6-10-7-13-15(3)9(10)2/h5,7,12H,6H2,1-4H3. The zero-order valence-electron chi connectivity index (χ0n) is 10.2. The van der Waals surface area contributed by atoms with E-state index in [1.807, 2.05) is 42.6 Å². The third-order valence-corrected chi connectivity index (χ3v) is 2.80. The molecule has 2 heterocycles. The first-order chi connectivity index (χ1) is 7.58. The molecule has 5 nitrogen and oxygen atoms in total.